The van der Waals surface area contributed by atoms with E-state index >= 15 is 0 Å². The van der Waals surface area contributed by atoms with Crippen molar-refractivity contribution in [2.24, 2.45) is 0 Å². The highest BCUT2D eigenvalue weighted by molar-refractivity contribution is 5.94. The molecule has 0 fully saturated rings. The standard InChI is InChI=1S/C21H22FNO5/c1-15(24)16-7-9-18(10-8-16)27-12-11-21(26)28-14-20(25)23(2)13-17-5-3-4-6-19(17)22/h3-10H,11-14H2,1-2H3. The van der Waals surface area contributed by atoms with E-state index in [9.17, 15) is 18.8 Å². The van der Waals surface area contributed by atoms with Crippen LogP contribution in [0.1, 0.15) is 29.3 Å². The van der Waals surface area contributed by atoms with Gasteiger partial charge in [-0.1, -0.05) is 18.2 Å². The summed E-state index contributed by atoms with van der Waals surface area (Å²) >= 11 is 0. The lowest BCUT2D eigenvalue weighted by Crippen LogP contribution is -2.31. The number of hydrogen-bond acceptors (Lipinski definition) is 5. The molecule has 0 saturated heterocycles. The van der Waals surface area contributed by atoms with E-state index in [2.05, 4.69) is 0 Å². The molecule has 2 rings (SSSR count). The van der Waals surface area contributed by atoms with E-state index in [1.165, 1.54) is 24.9 Å². The van der Waals surface area contributed by atoms with Crippen molar-refractivity contribution >= 4 is 17.7 Å². The minimum atomic E-state index is -0.576. The van der Waals surface area contributed by atoms with Gasteiger partial charge in [-0.3, -0.25) is 14.4 Å². The lowest BCUT2D eigenvalue weighted by atomic mass is 10.1. The fourth-order valence-corrected chi connectivity index (χ4v) is 2.33. The van der Waals surface area contributed by atoms with E-state index < -0.39 is 24.3 Å². The summed E-state index contributed by atoms with van der Waals surface area (Å²) in [6, 6.07) is 12.7. The number of carbonyl (C=O) groups excluding carboxylic acids is 3. The number of rotatable bonds is 9. The number of ether oxygens (including phenoxy) is 2. The van der Waals surface area contributed by atoms with Gasteiger partial charge in [-0.15, -0.1) is 0 Å². The molecule has 0 bridgehead atoms. The van der Waals surface area contributed by atoms with E-state index in [0.717, 1.165) is 0 Å². The number of benzene rings is 2. The molecule has 2 aromatic rings. The van der Waals surface area contributed by atoms with Crippen LogP contribution < -0.4 is 4.74 Å². The molecule has 0 aliphatic rings. The highest BCUT2D eigenvalue weighted by Crippen LogP contribution is 2.13. The molecule has 0 aromatic heterocycles. The summed E-state index contributed by atoms with van der Waals surface area (Å²) in [5.41, 5.74) is 0.957. The fraction of sp³-hybridized carbons (Fsp3) is 0.286. The van der Waals surface area contributed by atoms with Crippen LogP contribution in [0.25, 0.3) is 0 Å². The van der Waals surface area contributed by atoms with Crippen LogP contribution in [0.2, 0.25) is 0 Å². The number of amides is 1. The van der Waals surface area contributed by atoms with Gasteiger partial charge in [0.2, 0.25) is 0 Å². The first kappa shape index (κ1) is 21.1. The maximum absolute atomic E-state index is 13.6. The highest BCUT2D eigenvalue weighted by Gasteiger charge is 2.14. The second kappa shape index (κ2) is 10.2. The smallest absolute Gasteiger partial charge is 0.309 e. The number of esters is 1. The number of hydrogen-bond donors (Lipinski definition) is 0. The van der Waals surface area contributed by atoms with E-state index in [1.807, 2.05) is 0 Å². The minimum absolute atomic E-state index is 0.0290. The van der Waals surface area contributed by atoms with Crippen LogP contribution in [0.4, 0.5) is 4.39 Å². The molecule has 6 nitrogen and oxygen atoms in total. The topological polar surface area (TPSA) is 72.9 Å². The predicted octanol–water partition coefficient (Wildman–Crippen LogP) is 3.00. The Morgan fingerprint density at radius 1 is 1.04 bits per heavy atom. The molecule has 0 aliphatic carbocycles. The first-order valence-electron chi connectivity index (χ1n) is 8.73. The average molecular weight is 387 g/mol. The predicted molar refractivity (Wildman–Crippen MR) is 100 cm³/mol. The summed E-state index contributed by atoms with van der Waals surface area (Å²) < 4.78 is 24.0. The van der Waals surface area contributed by atoms with Gasteiger partial charge in [0.05, 0.1) is 13.0 Å². The van der Waals surface area contributed by atoms with Crippen LogP contribution in [0.5, 0.6) is 5.75 Å². The van der Waals surface area contributed by atoms with Gasteiger partial charge in [0, 0.05) is 24.7 Å². The van der Waals surface area contributed by atoms with Crippen LogP contribution in [0.15, 0.2) is 48.5 Å². The van der Waals surface area contributed by atoms with Crippen LogP contribution in [0.3, 0.4) is 0 Å². The van der Waals surface area contributed by atoms with Crippen molar-refractivity contribution in [3.63, 3.8) is 0 Å². The van der Waals surface area contributed by atoms with Gasteiger partial charge >= 0.3 is 5.97 Å². The first-order valence-corrected chi connectivity index (χ1v) is 8.73. The van der Waals surface area contributed by atoms with E-state index in [4.69, 9.17) is 9.47 Å². The second-order valence-corrected chi connectivity index (χ2v) is 6.18. The summed E-state index contributed by atoms with van der Waals surface area (Å²) in [6.07, 6.45) is -0.0290. The maximum atomic E-state index is 13.6. The Morgan fingerprint density at radius 3 is 2.36 bits per heavy atom. The van der Waals surface area contributed by atoms with Gasteiger partial charge in [0.1, 0.15) is 11.6 Å². The van der Waals surface area contributed by atoms with Gasteiger partial charge in [-0.05, 0) is 37.3 Å². The molecule has 0 heterocycles. The van der Waals surface area contributed by atoms with Crippen molar-refractivity contribution in [1.29, 1.82) is 0 Å². The van der Waals surface area contributed by atoms with Gasteiger partial charge in [-0.2, -0.15) is 0 Å². The van der Waals surface area contributed by atoms with Gasteiger partial charge in [0.25, 0.3) is 5.91 Å². The third-order valence-corrected chi connectivity index (χ3v) is 3.98. The van der Waals surface area contributed by atoms with Crippen LogP contribution in [-0.4, -0.2) is 42.8 Å². The Labute approximate surface area is 162 Å². The Hall–Kier alpha value is -3.22. The molecule has 0 aliphatic heterocycles. The minimum Gasteiger partial charge on any atom is -0.493 e. The fourth-order valence-electron chi connectivity index (χ4n) is 2.33. The zero-order chi connectivity index (χ0) is 20.5. The summed E-state index contributed by atoms with van der Waals surface area (Å²) in [4.78, 5) is 36.2. The summed E-state index contributed by atoms with van der Waals surface area (Å²) in [5.74, 6) is -0.920. The lowest BCUT2D eigenvalue weighted by molar-refractivity contribution is -0.152. The third-order valence-electron chi connectivity index (χ3n) is 3.98. The molecule has 0 radical (unpaired) electrons. The zero-order valence-corrected chi connectivity index (χ0v) is 15.8. The van der Waals surface area contributed by atoms with Crippen molar-refractivity contribution in [3.05, 3.63) is 65.5 Å². The van der Waals surface area contributed by atoms with Crippen LogP contribution in [-0.2, 0) is 20.9 Å². The van der Waals surface area contributed by atoms with Crippen LogP contribution >= 0.6 is 0 Å². The maximum Gasteiger partial charge on any atom is 0.309 e. The Balaban J connectivity index is 1.69. The van der Waals surface area contributed by atoms with Gasteiger partial charge < -0.3 is 14.4 Å². The van der Waals surface area contributed by atoms with Crippen molar-refractivity contribution in [2.75, 3.05) is 20.3 Å². The molecule has 2 aromatic carbocycles. The molecule has 7 heteroatoms. The SMILES string of the molecule is CC(=O)c1ccc(OCCC(=O)OCC(=O)N(C)Cc2ccccc2F)cc1. The quantitative estimate of drug-likeness (QED) is 0.489. The number of halogens is 1. The Kier molecular flexibility index (Phi) is 7.68. The molecule has 148 valence electrons. The van der Waals surface area contributed by atoms with E-state index in [1.54, 1.807) is 42.5 Å². The Morgan fingerprint density at radius 2 is 1.71 bits per heavy atom. The normalized spacial score (nSPS) is 10.2. The molecule has 0 atom stereocenters. The molecule has 0 unspecified atom stereocenters. The molecular formula is C21H22FNO5. The zero-order valence-electron chi connectivity index (χ0n) is 15.8. The monoisotopic (exact) mass is 387 g/mol. The summed E-state index contributed by atoms with van der Waals surface area (Å²) in [7, 11) is 1.51. The van der Waals surface area contributed by atoms with Gasteiger partial charge in [-0.25, -0.2) is 4.39 Å². The highest BCUT2D eigenvalue weighted by atomic mass is 19.1. The summed E-state index contributed by atoms with van der Waals surface area (Å²) in [6.45, 7) is 1.22. The molecule has 0 spiro atoms. The average Bonchev–Trinajstić information content (AvgIpc) is 2.68. The summed E-state index contributed by atoms with van der Waals surface area (Å²) in [5, 5.41) is 0. The number of ketones is 1. The van der Waals surface area contributed by atoms with Crippen LogP contribution in [0, 0.1) is 5.82 Å². The molecule has 0 saturated carbocycles. The van der Waals surface area contributed by atoms with Crippen molar-refractivity contribution < 1.29 is 28.2 Å². The molecule has 0 N–H and O–H groups in total. The van der Waals surface area contributed by atoms with Crippen molar-refractivity contribution in [2.45, 2.75) is 19.9 Å². The second-order valence-electron chi connectivity index (χ2n) is 6.18. The number of likely N-dealkylation sites (N-methyl/N-ethyl adjacent to an activating group) is 1. The lowest BCUT2D eigenvalue weighted by Gasteiger charge is -2.17. The van der Waals surface area contributed by atoms with E-state index in [-0.39, 0.29) is 25.4 Å². The van der Waals surface area contributed by atoms with Crippen molar-refractivity contribution in [3.8, 4) is 5.75 Å². The number of nitrogens with zero attached hydrogens (tertiary/aromatic N) is 1. The van der Waals surface area contributed by atoms with Gasteiger partial charge in [0.15, 0.2) is 12.4 Å². The molecule has 28 heavy (non-hydrogen) atoms. The molecular weight excluding hydrogens is 365 g/mol. The third kappa shape index (κ3) is 6.50. The first-order chi connectivity index (χ1) is 13.4. The Bertz CT molecular complexity index is 835. The number of carbonyl (C=O) groups is 3. The van der Waals surface area contributed by atoms with Crippen molar-refractivity contribution in [1.82, 2.24) is 4.90 Å². The number of Topliss-reactive ketones (excluding diaryl/α,β-unsaturated/α-hetero) is 1. The van der Waals surface area contributed by atoms with E-state index in [0.29, 0.717) is 16.9 Å². The molecule has 1 amide bonds. The largest absolute Gasteiger partial charge is 0.493 e.